The van der Waals surface area contributed by atoms with E-state index in [9.17, 15) is 19.1 Å². The molecule has 1 aliphatic rings. The summed E-state index contributed by atoms with van der Waals surface area (Å²) in [5.41, 5.74) is 1.07. The van der Waals surface area contributed by atoms with Crippen LogP contribution in [-0.4, -0.2) is 47.0 Å². The standard InChI is InChI=1S/C9H15N3O10P2/c13-9-10-7(11-14)3-4-12(9)8-2-1-6(21-8)5-20-24(18,19)22-23(15,16)17/h3-4,6,8,18-19H,1-2,5H2,(H3-,10,11,13,14,15,16,17)/p+1. The first-order valence-electron chi connectivity index (χ1n) is 6.50. The molecule has 0 spiro atoms. The van der Waals surface area contributed by atoms with Gasteiger partial charge in [-0.25, -0.2) is 9.36 Å². The van der Waals surface area contributed by atoms with Crippen LogP contribution in [0.2, 0.25) is 0 Å². The molecule has 0 bridgehead atoms. The van der Waals surface area contributed by atoms with Crippen LogP contribution in [-0.2, 0) is 18.1 Å². The number of aromatic nitrogens is 2. The Morgan fingerprint density at radius 2 is 2.17 bits per heavy atom. The molecule has 136 valence electrons. The van der Waals surface area contributed by atoms with Crippen molar-refractivity contribution in [1.29, 1.82) is 0 Å². The van der Waals surface area contributed by atoms with Gasteiger partial charge in [-0.2, -0.15) is 19.3 Å². The van der Waals surface area contributed by atoms with Crippen molar-refractivity contribution in [2.45, 2.75) is 25.2 Å². The van der Waals surface area contributed by atoms with Crippen molar-refractivity contribution in [3.63, 3.8) is 0 Å². The molecular weight excluding hydrogens is 372 g/mol. The molecule has 6 N–H and O–H groups in total. The molecule has 1 aromatic heterocycles. The second-order valence-electron chi connectivity index (χ2n) is 4.76. The topological polar surface area (TPSA) is 193 Å². The van der Waals surface area contributed by atoms with Gasteiger partial charge in [-0.3, -0.25) is 15.3 Å². The van der Waals surface area contributed by atoms with Crippen molar-refractivity contribution in [3.05, 3.63) is 22.7 Å². The molecule has 0 radical (unpaired) electrons. The summed E-state index contributed by atoms with van der Waals surface area (Å²) in [5, 5.41) is 8.67. The number of nitrogens with zero attached hydrogens (tertiary/aromatic N) is 2. The van der Waals surface area contributed by atoms with Crippen LogP contribution in [0.15, 0.2) is 17.1 Å². The molecule has 2 unspecified atom stereocenters. The zero-order valence-corrected chi connectivity index (χ0v) is 13.8. The Bertz CT molecular complexity index is 676. The molecule has 2 heterocycles. The minimum Gasteiger partial charge on any atom is -0.352 e. The lowest BCUT2D eigenvalue weighted by molar-refractivity contribution is -0.0270. The van der Waals surface area contributed by atoms with Gasteiger partial charge in [0.25, 0.3) is 0 Å². The van der Waals surface area contributed by atoms with Gasteiger partial charge in [-0.05, 0) is 23.2 Å². The molecule has 1 saturated heterocycles. The maximum absolute atomic E-state index is 11.8. The minimum absolute atomic E-state index is 0.0288. The third-order valence-electron chi connectivity index (χ3n) is 2.98. The number of ether oxygens (including phenoxy) is 1. The Balaban J connectivity index is 1.92. The lowest BCUT2D eigenvalue weighted by Crippen LogP contribution is -2.28. The van der Waals surface area contributed by atoms with E-state index >= 15 is 0 Å². The molecule has 1 aliphatic heterocycles. The van der Waals surface area contributed by atoms with Crippen LogP contribution in [0.5, 0.6) is 0 Å². The maximum atomic E-state index is 11.8. The molecule has 1 fully saturated rings. The first-order valence-corrected chi connectivity index (χ1v) is 9.56. The van der Waals surface area contributed by atoms with E-state index in [4.69, 9.17) is 19.7 Å². The lowest BCUT2D eigenvalue weighted by Gasteiger charge is -2.16. The average Bonchev–Trinajstić information content (AvgIpc) is 2.91. The molecule has 2 rings (SSSR count). The second-order valence-corrected chi connectivity index (χ2v) is 7.64. The van der Waals surface area contributed by atoms with Crippen molar-refractivity contribution < 1.29 is 42.9 Å². The van der Waals surface area contributed by atoms with Gasteiger partial charge in [0.2, 0.25) is 0 Å². The molecular formula is C9H16N3O10P2+. The molecule has 0 amide bonds. The highest BCUT2D eigenvalue weighted by atomic mass is 31.3. The Hall–Kier alpha value is -0.980. The van der Waals surface area contributed by atoms with Crippen molar-refractivity contribution in [2.24, 2.45) is 0 Å². The van der Waals surface area contributed by atoms with Crippen LogP contribution in [0.3, 0.4) is 0 Å². The SMILES string of the molecule is O=c1nc(NO)ccn1C1CCC(CO[P+](O)(O)OP(=O)(O)O)O1. The molecule has 1 aromatic rings. The fraction of sp³-hybridized carbons (Fsp3) is 0.556. The predicted molar refractivity (Wildman–Crippen MR) is 77.5 cm³/mol. The van der Waals surface area contributed by atoms with Gasteiger partial charge >= 0.3 is 21.7 Å². The smallest absolute Gasteiger partial charge is 0.352 e. The van der Waals surface area contributed by atoms with E-state index in [1.807, 2.05) is 0 Å². The predicted octanol–water partition coefficient (Wildman–Crippen LogP) is -0.490. The summed E-state index contributed by atoms with van der Waals surface area (Å²) in [6, 6.07) is 1.35. The van der Waals surface area contributed by atoms with E-state index < -0.39 is 40.6 Å². The van der Waals surface area contributed by atoms with Crippen molar-refractivity contribution in [1.82, 2.24) is 9.55 Å². The van der Waals surface area contributed by atoms with Gasteiger partial charge in [0.15, 0.2) is 5.82 Å². The van der Waals surface area contributed by atoms with Crippen LogP contribution >= 0.6 is 16.0 Å². The van der Waals surface area contributed by atoms with Gasteiger partial charge in [0.1, 0.15) is 12.8 Å². The normalized spacial score (nSPS) is 21.9. The number of hydrogen-bond donors (Lipinski definition) is 6. The number of anilines is 1. The fourth-order valence-corrected chi connectivity index (χ4v) is 3.71. The first kappa shape index (κ1) is 19.3. The van der Waals surface area contributed by atoms with E-state index in [0.29, 0.717) is 12.8 Å². The van der Waals surface area contributed by atoms with Gasteiger partial charge < -0.3 is 14.5 Å². The van der Waals surface area contributed by atoms with Crippen LogP contribution in [0.4, 0.5) is 5.82 Å². The van der Waals surface area contributed by atoms with E-state index in [1.54, 1.807) is 5.48 Å². The Kier molecular flexibility index (Phi) is 6.04. The van der Waals surface area contributed by atoms with Crippen LogP contribution in [0, 0.1) is 0 Å². The molecule has 0 saturated carbocycles. The number of rotatable bonds is 7. The maximum Gasteiger partial charge on any atom is 0.580 e. The van der Waals surface area contributed by atoms with Crippen molar-refractivity contribution in [3.8, 4) is 0 Å². The van der Waals surface area contributed by atoms with E-state index in [-0.39, 0.29) is 5.82 Å². The fourth-order valence-electron chi connectivity index (χ4n) is 2.05. The second kappa shape index (κ2) is 7.50. The number of hydrogen-bond acceptors (Lipinski definition) is 10. The monoisotopic (exact) mass is 388 g/mol. The summed E-state index contributed by atoms with van der Waals surface area (Å²) in [4.78, 5) is 50.9. The zero-order chi connectivity index (χ0) is 18.0. The molecule has 2 atom stereocenters. The van der Waals surface area contributed by atoms with Gasteiger partial charge in [-0.15, -0.1) is 0 Å². The summed E-state index contributed by atoms with van der Waals surface area (Å²) in [7, 11) is -9.81. The summed E-state index contributed by atoms with van der Waals surface area (Å²) < 4.78 is 25.6. The summed E-state index contributed by atoms with van der Waals surface area (Å²) in [6.07, 6.45) is 0.792. The van der Waals surface area contributed by atoms with Gasteiger partial charge in [0.05, 0.1) is 6.10 Å². The highest BCUT2D eigenvalue weighted by Gasteiger charge is 2.48. The number of nitrogens with one attached hydrogen (secondary N) is 1. The lowest BCUT2D eigenvalue weighted by atomic mass is 10.2. The highest BCUT2D eigenvalue weighted by Crippen LogP contribution is 2.63. The third-order valence-corrected chi connectivity index (χ3v) is 5.17. The van der Waals surface area contributed by atoms with Crippen LogP contribution in [0.25, 0.3) is 0 Å². The molecule has 24 heavy (non-hydrogen) atoms. The van der Waals surface area contributed by atoms with Gasteiger partial charge in [0, 0.05) is 6.20 Å². The summed E-state index contributed by atoms with van der Waals surface area (Å²) >= 11 is 0. The minimum atomic E-state index is -5.12. The molecule has 0 aromatic carbocycles. The van der Waals surface area contributed by atoms with Crippen LogP contribution < -0.4 is 11.2 Å². The third kappa shape index (κ3) is 5.53. The van der Waals surface area contributed by atoms with E-state index in [1.165, 1.54) is 16.8 Å². The Morgan fingerprint density at radius 3 is 2.75 bits per heavy atom. The quantitative estimate of drug-likeness (QED) is 0.260. The van der Waals surface area contributed by atoms with E-state index in [2.05, 4.69) is 13.8 Å². The Morgan fingerprint density at radius 1 is 1.46 bits per heavy atom. The van der Waals surface area contributed by atoms with Gasteiger partial charge in [-0.1, -0.05) is 0 Å². The Labute approximate surface area is 135 Å². The highest BCUT2D eigenvalue weighted by molar-refractivity contribution is 7.64. The van der Waals surface area contributed by atoms with Crippen LogP contribution in [0.1, 0.15) is 19.1 Å². The first-order chi connectivity index (χ1) is 11.1. The van der Waals surface area contributed by atoms with E-state index in [0.717, 1.165) is 0 Å². The molecule has 0 aliphatic carbocycles. The zero-order valence-electron chi connectivity index (χ0n) is 12.0. The molecule has 13 nitrogen and oxygen atoms in total. The molecule has 15 heteroatoms. The summed E-state index contributed by atoms with van der Waals surface area (Å²) in [5.74, 6) is -0.0288. The summed E-state index contributed by atoms with van der Waals surface area (Å²) in [6.45, 7) is -0.407. The van der Waals surface area contributed by atoms with Crippen molar-refractivity contribution in [2.75, 3.05) is 12.1 Å². The van der Waals surface area contributed by atoms with Crippen molar-refractivity contribution >= 4 is 21.8 Å². The number of phosphoric acid groups is 1. The average molecular weight is 388 g/mol. The largest absolute Gasteiger partial charge is 0.580 e.